The summed E-state index contributed by atoms with van der Waals surface area (Å²) in [5, 5.41) is 7.92. The van der Waals surface area contributed by atoms with Crippen molar-refractivity contribution in [2.45, 2.75) is 12.7 Å². The van der Waals surface area contributed by atoms with Crippen LogP contribution >= 0.6 is 11.8 Å². The van der Waals surface area contributed by atoms with Crippen molar-refractivity contribution in [2.24, 2.45) is 0 Å². The molecule has 6 heteroatoms. The van der Waals surface area contributed by atoms with Gasteiger partial charge >= 0.3 is 5.97 Å². The zero-order valence-electron chi connectivity index (χ0n) is 10.5. The van der Waals surface area contributed by atoms with Crippen LogP contribution in [-0.2, 0) is 15.3 Å². The van der Waals surface area contributed by atoms with Gasteiger partial charge in [0.1, 0.15) is 0 Å². The predicted octanol–water partition coefficient (Wildman–Crippen LogP) is 2.53. The summed E-state index contributed by atoms with van der Waals surface area (Å²) in [7, 11) is 0. The number of thioether (sulfide) groups is 1. The summed E-state index contributed by atoms with van der Waals surface area (Å²) < 4.78 is 10.3. The minimum absolute atomic E-state index is 0.227. The van der Waals surface area contributed by atoms with Crippen LogP contribution in [0.1, 0.15) is 12.8 Å². The van der Waals surface area contributed by atoms with Crippen molar-refractivity contribution in [3.05, 3.63) is 36.2 Å². The minimum Gasteiger partial charge on any atom is -0.465 e. The summed E-state index contributed by atoms with van der Waals surface area (Å²) in [5.41, 5.74) is 0.886. The van der Waals surface area contributed by atoms with E-state index in [9.17, 15) is 4.79 Å². The van der Waals surface area contributed by atoms with Crippen LogP contribution in [0.5, 0.6) is 0 Å². The first-order valence-corrected chi connectivity index (χ1v) is 7.06. The quantitative estimate of drug-likeness (QED) is 0.756. The van der Waals surface area contributed by atoms with E-state index in [0.29, 0.717) is 24.1 Å². The fourth-order valence-corrected chi connectivity index (χ4v) is 2.08. The van der Waals surface area contributed by atoms with Crippen molar-refractivity contribution in [1.82, 2.24) is 10.2 Å². The molecule has 0 N–H and O–H groups in total. The van der Waals surface area contributed by atoms with E-state index in [2.05, 4.69) is 10.2 Å². The molecule has 2 rings (SSSR count). The highest BCUT2D eigenvalue weighted by Gasteiger charge is 2.09. The van der Waals surface area contributed by atoms with Gasteiger partial charge in [-0.15, -0.1) is 22.0 Å². The van der Waals surface area contributed by atoms with Crippen molar-refractivity contribution < 1.29 is 13.9 Å². The second-order valence-corrected chi connectivity index (χ2v) is 4.65. The maximum absolute atomic E-state index is 11.2. The second-order valence-electron chi connectivity index (χ2n) is 3.66. The molecule has 0 saturated heterocycles. The molecule has 0 aliphatic carbocycles. The number of benzene rings is 1. The van der Waals surface area contributed by atoms with E-state index >= 15 is 0 Å². The molecule has 0 aliphatic rings. The number of hydrogen-bond donors (Lipinski definition) is 0. The zero-order chi connectivity index (χ0) is 13.5. The molecule has 19 heavy (non-hydrogen) atoms. The van der Waals surface area contributed by atoms with Gasteiger partial charge in [-0.25, -0.2) is 0 Å². The van der Waals surface area contributed by atoms with Gasteiger partial charge in [-0.05, 0) is 19.1 Å². The Bertz CT molecular complexity index is 528. The average Bonchev–Trinajstić information content (AvgIpc) is 2.89. The molecule has 0 unspecified atom stereocenters. The first-order valence-electron chi connectivity index (χ1n) is 5.90. The van der Waals surface area contributed by atoms with E-state index in [1.807, 2.05) is 30.3 Å². The third-order valence-electron chi connectivity index (χ3n) is 2.24. The van der Waals surface area contributed by atoms with Crippen LogP contribution in [0.3, 0.4) is 0 Å². The number of ether oxygens (including phenoxy) is 1. The van der Waals surface area contributed by atoms with Crippen LogP contribution in [0.4, 0.5) is 0 Å². The number of carbonyl (C=O) groups is 1. The molecule has 0 radical (unpaired) electrons. The molecule has 0 atom stereocenters. The Morgan fingerprint density at radius 3 is 2.84 bits per heavy atom. The fraction of sp³-hybridized carbons (Fsp3) is 0.308. The molecule has 1 aromatic carbocycles. The van der Waals surface area contributed by atoms with Gasteiger partial charge in [0.25, 0.3) is 0 Å². The van der Waals surface area contributed by atoms with E-state index in [0.717, 1.165) is 5.56 Å². The maximum Gasteiger partial charge on any atom is 0.315 e. The highest BCUT2D eigenvalue weighted by Crippen LogP contribution is 2.19. The Morgan fingerprint density at radius 1 is 1.32 bits per heavy atom. The van der Waals surface area contributed by atoms with Gasteiger partial charge in [-0.2, -0.15) is 0 Å². The second kappa shape index (κ2) is 6.94. The van der Waals surface area contributed by atoms with E-state index in [4.69, 9.17) is 9.15 Å². The van der Waals surface area contributed by atoms with Crippen LogP contribution in [0.15, 0.2) is 34.7 Å². The van der Waals surface area contributed by atoms with Crippen molar-refractivity contribution >= 4 is 17.7 Å². The molecule has 0 fully saturated rings. The number of esters is 1. The van der Waals surface area contributed by atoms with Gasteiger partial charge in [0, 0.05) is 5.56 Å². The Labute approximate surface area is 115 Å². The highest BCUT2D eigenvalue weighted by molar-refractivity contribution is 7.99. The number of nitrogens with zero attached hydrogens (tertiary/aromatic N) is 2. The van der Waals surface area contributed by atoms with E-state index in [1.54, 1.807) is 6.92 Å². The number of aromatic nitrogens is 2. The van der Waals surface area contributed by atoms with Crippen molar-refractivity contribution in [3.8, 4) is 11.5 Å². The average molecular weight is 278 g/mol. The van der Waals surface area contributed by atoms with Crippen LogP contribution in [0.25, 0.3) is 11.5 Å². The molecule has 0 saturated carbocycles. The van der Waals surface area contributed by atoms with Gasteiger partial charge in [-0.3, -0.25) is 4.79 Å². The summed E-state index contributed by atoms with van der Waals surface area (Å²) in [4.78, 5) is 11.2. The van der Waals surface area contributed by atoms with Crippen LogP contribution in [-0.4, -0.2) is 28.5 Å². The van der Waals surface area contributed by atoms with Gasteiger partial charge in [0.15, 0.2) is 0 Å². The third-order valence-corrected chi connectivity index (χ3v) is 3.13. The van der Waals surface area contributed by atoms with E-state index in [1.165, 1.54) is 11.8 Å². The Kier molecular flexibility index (Phi) is 4.97. The summed E-state index contributed by atoms with van der Waals surface area (Å²) in [6.07, 6.45) is 0. The Hall–Kier alpha value is -1.82. The molecule has 0 amide bonds. The summed E-state index contributed by atoms with van der Waals surface area (Å²) in [6.45, 7) is 2.19. The van der Waals surface area contributed by atoms with E-state index in [-0.39, 0.29) is 11.7 Å². The number of carbonyl (C=O) groups excluding carboxylic acids is 1. The van der Waals surface area contributed by atoms with Crippen molar-refractivity contribution in [3.63, 3.8) is 0 Å². The van der Waals surface area contributed by atoms with Crippen LogP contribution in [0, 0.1) is 0 Å². The standard InChI is InChI=1S/C13H14N2O3S/c1-2-17-12(16)9-19-8-11-14-15-13(18-11)10-6-4-3-5-7-10/h3-7H,2,8-9H2,1H3. The summed E-state index contributed by atoms with van der Waals surface area (Å²) >= 11 is 1.39. The third kappa shape index (κ3) is 4.10. The lowest BCUT2D eigenvalue weighted by atomic mass is 10.2. The normalized spacial score (nSPS) is 10.4. The summed E-state index contributed by atoms with van der Waals surface area (Å²) in [6, 6.07) is 9.56. The number of rotatable bonds is 6. The molecular weight excluding hydrogens is 264 g/mol. The lowest BCUT2D eigenvalue weighted by molar-refractivity contribution is -0.139. The maximum atomic E-state index is 11.2. The first kappa shape index (κ1) is 13.6. The number of hydrogen-bond acceptors (Lipinski definition) is 6. The molecule has 0 bridgehead atoms. The lowest BCUT2D eigenvalue weighted by Gasteiger charge is -1.99. The highest BCUT2D eigenvalue weighted by atomic mass is 32.2. The van der Waals surface area contributed by atoms with Gasteiger partial charge in [0.2, 0.25) is 11.8 Å². The van der Waals surface area contributed by atoms with Crippen LogP contribution in [0.2, 0.25) is 0 Å². The van der Waals surface area contributed by atoms with Crippen LogP contribution < -0.4 is 0 Å². The Morgan fingerprint density at radius 2 is 2.11 bits per heavy atom. The topological polar surface area (TPSA) is 65.2 Å². The molecular formula is C13H14N2O3S. The minimum atomic E-state index is -0.227. The largest absolute Gasteiger partial charge is 0.465 e. The van der Waals surface area contributed by atoms with Crippen molar-refractivity contribution in [1.29, 1.82) is 0 Å². The molecule has 100 valence electrons. The first-order chi connectivity index (χ1) is 9.29. The SMILES string of the molecule is CCOC(=O)CSCc1nnc(-c2ccccc2)o1. The zero-order valence-corrected chi connectivity index (χ0v) is 11.4. The molecule has 2 aromatic rings. The summed E-state index contributed by atoms with van der Waals surface area (Å²) in [5.74, 6) is 1.56. The van der Waals surface area contributed by atoms with Gasteiger partial charge < -0.3 is 9.15 Å². The van der Waals surface area contributed by atoms with E-state index < -0.39 is 0 Å². The lowest BCUT2D eigenvalue weighted by Crippen LogP contribution is -2.06. The molecule has 1 heterocycles. The molecule has 5 nitrogen and oxygen atoms in total. The van der Waals surface area contributed by atoms with Gasteiger partial charge in [0.05, 0.1) is 18.1 Å². The van der Waals surface area contributed by atoms with Crippen molar-refractivity contribution in [2.75, 3.05) is 12.4 Å². The fourth-order valence-electron chi connectivity index (χ4n) is 1.43. The monoisotopic (exact) mass is 278 g/mol. The van der Waals surface area contributed by atoms with Gasteiger partial charge in [-0.1, -0.05) is 18.2 Å². The predicted molar refractivity (Wildman–Crippen MR) is 72.5 cm³/mol. The Balaban J connectivity index is 1.86. The molecule has 0 aliphatic heterocycles. The molecule has 1 aromatic heterocycles. The molecule has 0 spiro atoms. The smallest absolute Gasteiger partial charge is 0.315 e.